The molecule has 35 heavy (non-hydrogen) atoms. The summed E-state index contributed by atoms with van der Waals surface area (Å²) in [5.74, 6) is -0.870. The Labute approximate surface area is 223 Å². The molecule has 0 aliphatic rings. The van der Waals surface area contributed by atoms with E-state index in [1.165, 1.54) is 96.3 Å². The first-order valence-electron chi connectivity index (χ1n) is 15.4. The third-order valence-electron chi connectivity index (χ3n) is 6.69. The van der Waals surface area contributed by atoms with Gasteiger partial charge in [0.15, 0.2) is 0 Å². The fraction of sp³-hybridized carbons (Fsp3) is 1.00. The van der Waals surface area contributed by atoms with Crippen LogP contribution in [0.3, 0.4) is 0 Å². The molecule has 0 amide bonds. The maximum Gasteiger partial charge on any atom is 0.282 e. The van der Waals surface area contributed by atoms with Gasteiger partial charge in [-0.1, -0.05) is 124 Å². The van der Waals surface area contributed by atoms with Crippen molar-refractivity contribution >= 4 is 10.5 Å². The molecule has 0 rings (SSSR count). The second kappa shape index (κ2) is 28.6. The first kappa shape index (κ1) is 35.1. The highest BCUT2D eigenvalue weighted by molar-refractivity contribution is 5.97. The normalized spacial score (nSPS) is 12.0. The number of ether oxygens (including phenoxy) is 3. The maximum atomic E-state index is 6.45. The van der Waals surface area contributed by atoms with Gasteiger partial charge in [0, 0.05) is 13.0 Å². The van der Waals surface area contributed by atoms with Crippen LogP contribution in [0.25, 0.3) is 0 Å². The molecule has 5 heteroatoms. The lowest BCUT2D eigenvalue weighted by atomic mass is 10.1. The number of hydrogen-bond donors (Lipinski definition) is 0. The molecular formula is C30H61O4Si. The van der Waals surface area contributed by atoms with E-state index < -0.39 is 5.97 Å². The average molecular weight is 514 g/mol. The van der Waals surface area contributed by atoms with E-state index in [0.29, 0.717) is 0 Å². The maximum absolute atomic E-state index is 6.45. The van der Waals surface area contributed by atoms with E-state index in [4.69, 9.17) is 18.6 Å². The van der Waals surface area contributed by atoms with Gasteiger partial charge in [-0.05, 0) is 32.1 Å². The summed E-state index contributed by atoms with van der Waals surface area (Å²) in [6, 6.07) is 0. The smallest absolute Gasteiger partial charge is 0.282 e. The van der Waals surface area contributed by atoms with Crippen LogP contribution in [0.4, 0.5) is 0 Å². The first-order valence-corrected chi connectivity index (χ1v) is 15.9. The topological polar surface area (TPSA) is 36.9 Å². The molecule has 0 aromatic carbocycles. The van der Waals surface area contributed by atoms with Crippen LogP contribution in [0.5, 0.6) is 0 Å². The van der Waals surface area contributed by atoms with Crippen molar-refractivity contribution in [2.24, 2.45) is 0 Å². The largest absolute Gasteiger partial charge is 0.419 e. The zero-order valence-corrected chi connectivity index (χ0v) is 25.0. The van der Waals surface area contributed by atoms with E-state index in [9.17, 15) is 0 Å². The Morgan fingerprint density at radius 1 is 0.400 bits per heavy atom. The van der Waals surface area contributed by atoms with Crippen LogP contribution in [-0.2, 0) is 18.6 Å². The highest BCUT2D eigenvalue weighted by Gasteiger charge is 2.33. The lowest BCUT2D eigenvalue weighted by Gasteiger charge is -2.34. The van der Waals surface area contributed by atoms with Crippen LogP contribution in [0.15, 0.2) is 0 Å². The predicted molar refractivity (Wildman–Crippen MR) is 151 cm³/mol. The summed E-state index contributed by atoms with van der Waals surface area (Å²) in [6.45, 7) is 9.72. The Balaban J connectivity index is 4.73. The van der Waals surface area contributed by atoms with Gasteiger partial charge < -0.3 is 18.6 Å². The summed E-state index contributed by atoms with van der Waals surface area (Å²) in [6.07, 6.45) is 26.7. The molecule has 0 aromatic rings. The summed E-state index contributed by atoms with van der Waals surface area (Å²) in [7, 11) is 3.11. The summed E-state index contributed by atoms with van der Waals surface area (Å²) in [4.78, 5) is 0. The highest BCUT2D eigenvalue weighted by Crippen LogP contribution is 2.26. The van der Waals surface area contributed by atoms with Gasteiger partial charge in [-0.2, -0.15) is 0 Å². The Morgan fingerprint density at radius 2 is 0.714 bits per heavy atom. The van der Waals surface area contributed by atoms with E-state index in [-0.39, 0.29) is 0 Å². The molecule has 0 heterocycles. The average Bonchev–Trinajstić information content (AvgIpc) is 2.87. The second-order valence-corrected chi connectivity index (χ2v) is 10.5. The zero-order chi connectivity index (χ0) is 25.7. The third kappa shape index (κ3) is 24.2. The van der Waals surface area contributed by atoms with Crippen molar-refractivity contribution in [3.8, 4) is 0 Å². The highest BCUT2D eigenvalue weighted by atomic mass is 28.2. The molecule has 0 aliphatic carbocycles. The molecule has 4 nitrogen and oxygen atoms in total. The lowest BCUT2D eigenvalue weighted by Crippen LogP contribution is -2.40. The van der Waals surface area contributed by atoms with Crippen molar-refractivity contribution < 1.29 is 18.6 Å². The molecule has 0 atom stereocenters. The number of hydrogen-bond acceptors (Lipinski definition) is 4. The van der Waals surface area contributed by atoms with E-state index in [1.807, 2.05) is 0 Å². The first-order chi connectivity index (χ1) is 17.2. The van der Waals surface area contributed by atoms with Gasteiger partial charge in [0.2, 0.25) is 10.5 Å². The van der Waals surface area contributed by atoms with Crippen molar-refractivity contribution in [3.05, 3.63) is 0 Å². The molecule has 3 radical (unpaired) electrons. The fourth-order valence-corrected chi connectivity index (χ4v) is 4.51. The van der Waals surface area contributed by atoms with E-state index in [0.717, 1.165) is 71.4 Å². The van der Waals surface area contributed by atoms with E-state index >= 15 is 0 Å². The SMILES string of the molecule is CCCCCCCCOC(CCCCCO[Si])(OCCCCCCCC)OCCCCCCCC. The van der Waals surface area contributed by atoms with Gasteiger partial charge >= 0.3 is 0 Å². The summed E-state index contributed by atoms with van der Waals surface area (Å²) in [5, 5.41) is 0. The van der Waals surface area contributed by atoms with Crippen LogP contribution in [0.2, 0.25) is 0 Å². The Morgan fingerprint density at radius 3 is 1.09 bits per heavy atom. The monoisotopic (exact) mass is 513 g/mol. The van der Waals surface area contributed by atoms with Crippen LogP contribution >= 0.6 is 0 Å². The molecule has 0 saturated heterocycles. The molecule has 0 unspecified atom stereocenters. The minimum atomic E-state index is -0.870. The molecule has 0 saturated carbocycles. The fourth-order valence-electron chi connectivity index (χ4n) is 4.36. The Hall–Kier alpha value is 0.0569. The summed E-state index contributed by atoms with van der Waals surface area (Å²) < 4.78 is 24.4. The molecule has 209 valence electrons. The number of rotatable bonds is 30. The van der Waals surface area contributed by atoms with Gasteiger partial charge in [0.1, 0.15) is 0 Å². The van der Waals surface area contributed by atoms with Gasteiger partial charge in [0.05, 0.1) is 19.8 Å². The molecule has 0 N–H and O–H groups in total. The molecule has 0 aromatic heterocycles. The quantitative estimate of drug-likeness (QED) is 0.0544. The third-order valence-corrected chi connectivity index (χ3v) is 6.89. The van der Waals surface area contributed by atoms with Gasteiger partial charge in [-0.15, -0.1) is 0 Å². The summed E-state index contributed by atoms with van der Waals surface area (Å²) >= 11 is 0. The standard InChI is InChI=1S/C30H61O4Si/c1-4-7-10-13-16-21-26-31-30(25-20-19-24-29-34-35,32-27-22-17-14-11-8-5-2)33-28-23-18-15-12-9-6-3/h4-29H2,1-3H3. The predicted octanol–water partition coefficient (Wildman–Crippen LogP) is 9.43. The van der Waals surface area contributed by atoms with Crippen molar-refractivity contribution in [3.63, 3.8) is 0 Å². The molecule has 0 spiro atoms. The van der Waals surface area contributed by atoms with Crippen molar-refractivity contribution in [2.45, 2.75) is 168 Å². The Kier molecular flexibility index (Phi) is 28.7. The molecule has 0 fully saturated rings. The van der Waals surface area contributed by atoms with Crippen LogP contribution < -0.4 is 0 Å². The van der Waals surface area contributed by atoms with Gasteiger partial charge in [-0.25, -0.2) is 0 Å². The van der Waals surface area contributed by atoms with Gasteiger partial charge in [0.25, 0.3) is 5.97 Å². The minimum absolute atomic E-state index is 0.726. The zero-order valence-electron chi connectivity index (χ0n) is 24.0. The molecular weight excluding hydrogens is 452 g/mol. The van der Waals surface area contributed by atoms with E-state index in [2.05, 4.69) is 31.3 Å². The van der Waals surface area contributed by atoms with E-state index in [1.54, 1.807) is 0 Å². The molecule has 0 aliphatic heterocycles. The van der Waals surface area contributed by atoms with Crippen LogP contribution in [0.1, 0.15) is 162 Å². The van der Waals surface area contributed by atoms with Crippen LogP contribution in [-0.4, -0.2) is 42.9 Å². The molecule has 0 bridgehead atoms. The second-order valence-electron chi connectivity index (χ2n) is 10.2. The number of unbranched alkanes of at least 4 members (excludes halogenated alkanes) is 17. The van der Waals surface area contributed by atoms with Crippen molar-refractivity contribution in [2.75, 3.05) is 26.4 Å². The van der Waals surface area contributed by atoms with Crippen molar-refractivity contribution in [1.29, 1.82) is 0 Å². The van der Waals surface area contributed by atoms with Crippen LogP contribution in [0, 0.1) is 0 Å². The summed E-state index contributed by atoms with van der Waals surface area (Å²) in [5.41, 5.74) is 0. The lowest BCUT2D eigenvalue weighted by molar-refractivity contribution is -0.384. The minimum Gasteiger partial charge on any atom is -0.419 e. The Bertz CT molecular complexity index is 349. The van der Waals surface area contributed by atoms with Crippen molar-refractivity contribution in [1.82, 2.24) is 0 Å². The van der Waals surface area contributed by atoms with Gasteiger partial charge in [-0.3, -0.25) is 0 Å².